The quantitative estimate of drug-likeness (QED) is 0.560. The van der Waals surface area contributed by atoms with E-state index in [0.717, 1.165) is 23.8 Å². The zero-order valence-corrected chi connectivity index (χ0v) is 9.70. The van der Waals surface area contributed by atoms with Crippen LogP contribution in [0, 0.1) is 11.3 Å². The molecule has 0 atom stereocenters. The Kier molecular flexibility index (Phi) is 3.66. The van der Waals surface area contributed by atoms with Crippen LogP contribution in [0.15, 0.2) is 0 Å². The van der Waals surface area contributed by atoms with Crippen LogP contribution in [0.3, 0.4) is 0 Å². The normalized spacial score (nSPS) is 15.1. The molecule has 1 heterocycles. The van der Waals surface area contributed by atoms with Gasteiger partial charge in [-0.2, -0.15) is 5.26 Å². The Balaban J connectivity index is 1.97. The van der Waals surface area contributed by atoms with Gasteiger partial charge in [-0.05, 0) is 12.8 Å². The van der Waals surface area contributed by atoms with Crippen molar-refractivity contribution in [2.45, 2.75) is 31.8 Å². The number of nitriles is 1. The maximum Gasteiger partial charge on any atom is 0.148 e. The largest absolute Gasteiger partial charge is 0.313 e. The molecule has 1 aromatic rings. The van der Waals surface area contributed by atoms with E-state index < -0.39 is 0 Å². The van der Waals surface area contributed by atoms with Gasteiger partial charge in [0, 0.05) is 37.1 Å². The third-order valence-electron chi connectivity index (χ3n) is 2.61. The lowest BCUT2D eigenvalue weighted by molar-refractivity contribution is 0.258. The minimum Gasteiger partial charge on any atom is -0.313 e. The second-order valence-corrected chi connectivity index (χ2v) is 4.56. The van der Waals surface area contributed by atoms with Gasteiger partial charge in [0.25, 0.3) is 0 Å². The standard InChI is InChI=1S/C9H14N6S/c10-4-1-5-15(7-2-3-7)6-8-9(12-11)16-14-13-8/h7,12H,1-3,5-6,11H2. The Labute approximate surface area is 98.2 Å². The summed E-state index contributed by atoms with van der Waals surface area (Å²) in [5.74, 6) is 5.37. The molecular formula is C9H14N6S. The van der Waals surface area contributed by atoms with E-state index in [1.165, 1.54) is 24.4 Å². The van der Waals surface area contributed by atoms with Gasteiger partial charge < -0.3 is 5.43 Å². The number of hydrogen-bond donors (Lipinski definition) is 2. The number of hydrogen-bond acceptors (Lipinski definition) is 7. The van der Waals surface area contributed by atoms with Gasteiger partial charge in [-0.3, -0.25) is 4.90 Å². The molecule has 0 bridgehead atoms. The van der Waals surface area contributed by atoms with Crippen molar-refractivity contribution in [1.29, 1.82) is 5.26 Å². The van der Waals surface area contributed by atoms with Gasteiger partial charge in [-0.25, -0.2) is 5.84 Å². The highest BCUT2D eigenvalue weighted by molar-refractivity contribution is 7.10. The lowest BCUT2D eigenvalue weighted by atomic mass is 10.3. The number of nitrogens with one attached hydrogen (secondary N) is 1. The van der Waals surface area contributed by atoms with Crippen molar-refractivity contribution in [3.8, 4) is 6.07 Å². The number of nitrogen functional groups attached to an aromatic ring is 1. The monoisotopic (exact) mass is 238 g/mol. The molecule has 1 aliphatic rings. The summed E-state index contributed by atoms with van der Waals surface area (Å²) in [5, 5.41) is 13.5. The molecule has 0 saturated heterocycles. The Bertz CT molecular complexity index is 380. The van der Waals surface area contributed by atoms with E-state index >= 15 is 0 Å². The van der Waals surface area contributed by atoms with Gasteiger partial charge in [0.1, 0.15) is 10.7 Å². The Morgan fingerprint density at radius 3 is 3.06 bits per heavy atom. The van der Waals surface area contributed by atoms with Crippen molar-refractivity contribution < 1.29 is 0 Å². The topological polar surface area (TPSA) is 90.9 Å². The van der Waals surface area contributed by atoms with Crippen molar-refractivity contribution in [3.63, 3.8) is 0 Å². The number of aromatic nitrogens is 2. The molecule has 16 heavy (non-hydrogen) atoms. The lowest BCUT2D eigenvalue weighted by Gasteiger charge is -2.19. The first-order valence-electron chi connectivity index (χ1n) is 5.24. The predicted molar refractivity (Wildman–Crippen MR) is 61.4 cm³/mol. The molecule has 0 radical (unpaired) electrons. The molecule has 0 spiro atoms. The second kappa shape index (κ2) is 5.21. The van der Waals surface area contributed by atoms with E-state index in [0.29, 0.717) is 12.5 Å². The number of hydrazine groups is 1. The fraction of sp³-hybridized carbons (Fsp3) is 0.667. The first kappa shape index (κ1) is 11.3. The zero-order valence-electron chi connectivity index (χ0n) is 8.89. The van der Waals surface area contributed by atoms with Gasteiger partial charge in [0.15, 0.2) is 0 Å². The van der Waals surface area contributed by atoms with E-state index in [2.05, 4.69) is 26.0 Å². The van der Waals surface area contributed by atoms with Crippen LogP contribution in [-0.4, -0.2) is 27.1 Å². The Morgan fingerprint density at radius 2 is 2.44 bits per heavy atom. The average molecular weight is 238 g/mol. The molecule has 1 saturated carbocycles. The third kappa shape index (κ3) is 2.66. The highest BCUT2D eigenvalue weighted by Gasteiger charge is 2.29. The molecule has 1 aliphatic carbocycles. The van der Waals surface area contributed by atoms with Crippen LogP contribution < -0.4 is 11.3 Å². The van der Waals surface area contributed by atoms with E-state index in [-0.39, 0.29) is 0 Å². The zero-order chi connectivity index (χ0) is 11.4. The molecule has 7 heteroatoms. The summed E-state index contributed by atoms with van der Waals surface area (Å²) in [6.07, 6.45) is 2.99. The van der Waals surface area contributed by atoms with Crippen LogP contribution in [0.1, 0.15) is 25.0 Å². The Hall–Kier alpha value is -1.23. The highest BCUT2D eigenvalue weighted by atomic mass is 32.1. The van der Waals surface area contributed by atoms with E-state index in [9.17, 15) is 0 Å². The Morgan fingerprint density at radius 1 is 1.62 bits per heavy atom. The van der Waals surface area contributed by atoms with Crippen molar-refractivity contribution in [3.05, 3.63) is 5.69 Å². The summed E-state index contributed by atoms with van der Waals surface area (Å²) in [6, 6.07) is 2.79. The third-order valence-corrected chi connectivity index (χ3v) is 3.31. The van der Waals surface area contributed by atoms with Crippen LogP contribution in [-0.2, 0) is 6.54 Å². The molecular weight excluding hydrogens is 224 g/mol. The summed E-state index contributed by atoms with van der Waals surface area (Å²) in [5.41, 5.74) is 3.47. The fourth-order valence-corrected chi connectivity index (χ4v) is 2.12. The van der Waals surface area contributed by atoms with E-state index in [1.807, 2.05) is 0 Å². The smallest absolute Gasteiger partial charge is 0.148 e. The maximum absolute atomic E-state index is 8.61. The van der Waals surface area contributed by atoms with Crippen molar-refractivity contribution in [2.75, 3.05) is 12.0 Å². The first-order valence-corrected chi connectivity index (χ1v) is 6.01. The maximum atomic E-state index is 8.61. The molecule has 86 valence electrons. The van der Waals surface area contributed by atoms with Gasteiger partial charge >= 0.3 is 0 Å². The molecule has 1 aromatic heterocycles. The summed E-state index contributed by atoms with van der Waals surface area (Å²) >= 11 is 1.26. The summed E-state index contributed by atoms with van der Waals surface area (Å²) < 4.78 is 3.86. The van der Waals surface area contributed by atoms with Gasteiger partial charge in [0.05, 0.1) is 6.07 Å². The van der Waals surface area contributed by atoms with Crippen molar-refractivity contribution in [1.82, 2.24) is 14.5 Å². The molecule has 0 amide bonds. The molecule has 0 unspecified atom stereocenters. The molecule has 3 N–H and O–H groups in total. The number of anilines is 1. The van der Waals surface area contributed by atoms with E-state index in [1.54, 1.807) is 0 Å². The highest BCUT2D eigenvalue weighted by Crippen LogP contribution is 2.29. The van der Waals surface area contributed by atoms with Crippen LogP contribution in [0.2, 0.25) is 0 Å². The minimum atomic E-state index is 0.555. The van der Waals surface area contributed by atoms with Crippen LogP contribution >= 0.6 is 11.5 Å². The van der Waals surface area contributed by atoms with Gasteiger partial charge in [-0.1, -0.05) is 4.49 Å². The predicted octanol–water partition coefficient (Wildman–Crippen LogP) is 0.702. The molecule has 1 fully saturated rings. The number of nitrogens with zero attached hydrogens (tertiary/aromatic N) is 4. The molecule has 0 aliphatic heterocycles. The minimum absolute atomic E-state index is 0.555. The lowest BCUT2D eigenvalue weighted by Crippen LogP contribution is -2.27. The summed E-state index contributed by atoms with van der Waals surface area (Å²) in [4.78, 5) is 2.28. The molecule has 2 rings (SSSR count). The summed E-state index contributed by atoms with van der Waals surface area (Å²) in [7, 11) is 0. The fourth-order valence-electron chi connectivity index (χ4n) is 1.64. The first-order chi connectivity index (χ1) is 7.85. The van der Waals surface area contributed by atoms with Crippen LogP contribution in [0.5, 0.6) is 0 Å². The number of nitrogens with two attached hydrogens (primary N) is 1. The average Bonchev–Trinajstić information content (AvgIpc) is 3.05. The van der Waals surface area contributed by atoms with Crippen LogP contribution in [0.4, 0.5) is 5.00 Å². The van der Waals surface area contributed by atoms with Crippen molar-refractivity contribution >= 4 is 16.5 Å². The van der Waals surface area contributed by atoms with Crippen LogP contribution in [0.25, 0.3) is 0 Å². The molecule has 0 aromatic carbocycles. The van der Waals surface area contributed by atoms with E-state index in [4.69, 9.17) is 11.1 Å². The second-order valence-electron chi connectivity index (χ2n) is 3.80. The SMILES string of the molecule is N#CCCN(Cc1nnsc1NN)C1CC1. The van der Waals surface area contributed by atoms with Gasteiger partial charge in [0.2, 0.25) is 0 Å². The van der Waals surface area contributed by atoms with Crippen molar-refractivity contribution in [2.24, 2.45) is 5.84 Å². The van der Waals surface area contributed by atoms with Gasteiger partial charge in [-0.15, -0.1) is 5.10 Å². The summed E-state index contributed by atoms with van der Waals surface area (Å²) in [6.45, 7) is 1.52. The number of rotatable bonds is 6. The molecule has 6 nitrogen and oxygen atoms in total.